The van der Waals surface area contributed by atoms with E-state index in [0.29, 0.717) is 5.41 Å². The Morgan fingerprint density at radius 3 is 2.31 bits per heavy atom. The molecule has 2 rings (SSSR count). The van der Waals surface area contributed by atoms with Gasteiger partial charge in [-0.1, -0.05) is 33.6 Å². The summed E-state index contributed by atoms with van der Waals surface area (Å²) in [6, 6.07) is 0.847. The molecule has 0 amide bonds. The SMILES string of the molecule is CC(C)CC1(CNC2CC(C)C2)CCCC1. The molecule has 0 bridgehead atoms. The highest BCUT2D eigenvalue weighted by molar-refractivity contribution is 4.90. The molecule has 2 aliphatic rings. The lowest BCUT2D eigenvalue weighted by atomic mass is 9.76. The van der Waals surface area contributed by atoms with Crippen LogP contribution in [0.4, 0.5) is 0 Å². The third-order valence-corrected chi connectivity index (χ3v) is 4.64. The predicted octanol–water partition coefficient (Wildman–Crippen LogP) is 3.98. The highest BCUT2D eigenvalue weighted by atomic mass is 14.9. The van der Waals surface area contributed by atoms with Crippen molar-refractivity contribution in [1.29, 1.82) is 0 Å². The molecule has 1 nitrogen and oxygen atoms in total. The van der Waals surface area contributed by atoms with E-state index in [1.54, 1.807) is 0 Å². The molecule has 1 heteroatoms. The van der Waals surface area contributed by atoms with Crippen LogP contribution >= 0.6 is 0 Å². The Hall–Kier alpha value is -0.0400. The number of hydrogen-bond acceptors (Lipinski definition) is 1. The topological polar surface area (TPSA) is 12.0 Å². The Bertz CT molecular complexity index is 209. The van der Waals surface area contributed by atoms with Gasteiger partial charge in [-0.15, -0.1) is 0 Å². The monoisotopic (exact) mass is 223 g/mol. The zero-order valence-corrected chi connectivity index (χ0v) is 11.4. The fourth-order valence-corrected chi connectivity index (χ4v) is 3.87. The van der Waals surface area contributed by atoms with Gasteiger partial charge in [-0.25, -0.2) is 0 Å². The van der Waals surface area contributed by atoms with Gasteiger partial charge in [0.25, 0.3) is 0 Å². The van der Waals surface area contributed by atoms with Crippen molar-refractivity contribution < 1.29 is 0 Å². The van der Waals surface area contributed by atoms with E-state index >= 15 is 0 Å². The first-order chi connectivity index (χ1) is 7.60. The van der Waals surface area contributed by atoms with E-state index in [2.05, 4.69) is 26.1 Å². The molecule has 0 atom stereocenters. The lowest BCUT2D eigenvalue weighted by Crippen LogP contribution is -2.45. The van der Waals surface area contributed by atoms with Crippen LogP contribution in [-0.4, -0.2) is 12.6 Å². The van der Waals surface area contributed by atoms with E-state index in [-0.39, 0.29) is 0 Å². The van der Waals surface area contributed by atoms with Gasteiger partial charge in [-0.05, 0) is 49.4 Å². The van der Waals surface area contributed by atoms with E-state index < -0.39 is 0 Å². The second-order valence-electron chi connectivity index (χ2n) is 6.96. The molecule has 0 spiro atoms. The summed E-state index contributed by atoms with van der Waals surface area (Å²) in [6.45, 7) is 8.43. The molecule has 0 saturated heterocycles. The standard InChI is InChI=1S/C15H29N/c1-12(2)10-15(6-4-5-7-15)11-16-14-8-13(3)9-14/h12-14,16H,4-11H2,1-3H3. The molecule has 0 unspecified atom stereocenters. The zero-order chi connectivity index (χ0) is 11.6. The fourth-order valence-electron chi connectivity index (χ4n) is 3.87. The van der Waals surface area contributed by atoms with Crippen LogP contribution in [0.5, 0.6) is 0 Å². The van der Waals surface area contributed by atoms with E-state index in [9.17, 15) is 0 Å². The van der Waals surface area contributed by atoms with Gasteiger partial charge in [0.05, 0.1) is 0 Å². The average Bonchev–Trinajstić information content (AvgIpc) is 2.59. The predicted molar refractivity (Wildman–Crippen MR) is 70.5 cm³/mol. The molecule has 2 saturated carbocycles. The van der Waals surface area contributed by atoms with Crippen molar-refractivity contribution in [2.75, 3.05) is 6.54 Å². The van der Waals surface area contributed by atoms with Crippen LogP contribution < -0.4 is 5.32 Å². The normalized spacial score (nSPS) is 33.0. The van der Waals surface area contributed by atoms with Crippen molar-refractivity contribution >= 4 is 0 Å². The third-order valence-electron chi connectivity index (χ3n) is 4.64. The Kier molecular flexibility index (Phi) is 3.94. The van der Waals surface area contributed by atoms with Crippen molar-refractivity contribution in [3.05, 3.63) is 0 Å². The zero-order valence-electron chi connectivity index (χ0n) is 11.4. The van der Waals surface area contributed by atoms with Gasteiger partial charge in [0.15, 0.2) is 0 Å². The van der Waals surface area contributed by atoms with Crippen LogP contribution in [0, 0.1) is 17.3 Å². The molecular weight excluding hydrogens is 194 g/mol. The first kappa shape index (κ1) is 12.4. The van der Waals surface area contributed by atoms with Crippen molar-refractivity contribution in [1.82, 2.24) is 5.32 Å². The highest BCUT2D eigenvalue weighted by Gasteiger charge is 2.35. The molecule has 2 fully saturated rings. The summed E-state index contributed by atoms with van der Waals surface area (Å²) < 4.78 is 0. The quantitative estimate of drug-likeness (QED) is 0.743. The first-order valence-corrected chi connectivity index (χ1v) is 7.33. The number of rotatable bonds is 5. The molecule has 0 aromatic heterocycles. The minimum atomic E-state index is 0.660. The van der Waals surface area contributed by atoms with E-state index in [4.69, 9.17) is 0 Å². The molecule has 0 radical (unpaired) electrons. The van der Waals surface area contributed by atoms with Gasteiger partial charge >= 0.3 is 0 Å². The molecule has 0 aromatic rings. The van der Waals surface area contributed by atoms with Crippen LogP contribution in [0.25, 0.3) is 0 Å². The van der Waals surface area contributed by atoms with Gasteiger partial charge in [-0.2, -0.15) is 0 Å². The molecule has 16 heavy (non-hydrogen) atoms. The van der Waals surface area contributed by atoms with Gasteiger partial charge in [0.1, 0.15) is 0 Å². The minimum Gasteiger partial charge on any atom is -0.313 e. The fraction of sp³-hybridized carbons (Fsp3) is 1.00. The van der Waals surface area contributed by atoms with Crippen molar-refractivity contribution in [2.45, 2.75) is 71.8 Å². The maximum Gasteiger partial charge on any atom is 0.00723 e. The maximum absolute atomic E-state index is 3.84. The maximum atomic E-state index is 3.84. The van der Waals surface area contributed by atoms with Gasteiger partial charge in [-0.3, -0.25) is 0 Å². The van der Waals surface area contributed by atoms with E-state index in [1.807, 2.05) is 0 Å². The van der Waals surface area contributed by atoms with Crippen LogP contribution in [-0.2, 0) is 0 Å². The molecule has 94 valence electrons. The number of hydrogen-bond donors (Lipinski definition) is 1. The first-order valence-electron chi connectivity index (χ1n) is 7.33. The second kappa shape index (κ2) is 5.08. The largest absolute Gasteiger partial charge is 0.313 e. The van der Waals surface area contributed by atoms with Gasteiger partial charge in [0, 0.05) is 12.6 Å². The summed E-state index contributed by atoms with van der Waals surface area (Å²) in [4.78, 5) is 0. The molecule has 0 aliphatic heterocycles. The summed E-state index contributed by atoms with van der Waals surface area (Å²) in [5, 5.41) is 3.84. The van der Waals surface area contributed by atoms with Gasteiger partial charge in [0.2, 0.25) is 0 Å². The summed E-state index contributed by atoms with van der Waals surface area (Å²) in [6.07, 6.45) is 10.1. The van der Waals surface area contributed by atoms with Crippen LogP contribution in [0.15, 0.2) is 0 Å². The summed E-state index contributed by atoms with van der Waals surface area (Å²) in [5.74, 6) is 1.84. The van der Waals surface area contributed by atoms with Gasteiger partial charge < -0.3 is 5.32 Å². The van der Waals surface area contributed by atoms with E-state index in [0.717, 1.165) is 17.9 Å². The molecule has 0 heterocycles. The molecular formula is C15H29N. The van der Waals surface area contributed by atoms with Crippen molar-refractivity contribution in [2.24, 2.45) is 17.3 Å². The Morgan fingerprint density at radius 1 is 1.19 bits per heavy atom. The van der Waals surface area contributed by atoms with Crippen molar-refractivity contribution in [3.8, 4) is 0 Å². The smallest absolute Gasteiger partial charge is 0.00723 e. The van der Waals surface area contributed by atoms with Crippen molar-refractivity contribution in [3.63, 3.8) is 0 Å². The molecule has 0 aromatic carbocycles. The lowest BCUT2D eigenvalue weighted by Gasteiger charge is -2.38. The Balaban J connectivity index is 1.78. The summed E-state index contributed by atoms with van der Waals surface area (Å²) in [7, 11) is 0. The van der Waals surface area contributed by atoms with Crippen LogP contribution in [0.1, 0.15) is 65.7 Å². The highest BCUT2D eigenvalue weighted by Crippen LogP contribution is 2.43. The third kappa shape index (κ3) is 3.00. The summed E-state index contributed by atoms with van der Waals surface area (Å²) >= 11 is 0. The second-order valence-corrected chi connectivity index (χ2v) is 6.96. The average molecular weight is 223 g/mol. The van der Waals surface area contributed by atoms with Crippen LogP contribution in [0.2, 0.25) is 0 Å². The molecule has 2 aliphatic carbocycles. The van der Waals surface area contributed by atoms with Crippen LogP contribution in [0.3, 0.4) is 0 Å². The minimum absolute atomic E-state index is 0.660. The molecule has 1 N–H and O–H groups in total. The Morgan fingerprint density at radius 2 is 1.81 bits per heavy atom. The van der Waals surface area contributed by atoms with E-state index in [1.165, 1.54) is 51.5 Å². The number of nitrogens with one attached hydrogen (secondary N) is 1. The Labute approximate surface area is 101 Å². The lowest BCUT2D eigenvalue weighted by molar-refractivity contribution is 0.173. The summed E-state index contributed by atoms with van der Waals surface area (Å²) in [5.41, 5.74) is 0.660.